The Morgan fingerprint density at radius 1 is 1.33 bits per heavy atom. The summed E-state index contributed by atoms with van der Waals surface area (Å²) in [5.41, 5.74) is 0.782. The predicted molar refractivity (Wildman–Crippen MR) is 75.9 cm³/mol. The van der Waals surface area contributed by atoms with E-state index in [1.807, 2.05) is 12.1 Å². The van der Waals surface area contributed by atoms with Gasteiger partial charge in [0, 0.05) is 12.2 Å². The highest BCUT2D eigenvalue weighted by atomic mass is 35.5. The molecule has 2 nitrogen and oxygen atoms in total. The smallest absolute Gasteiger partial charge is 0.126 e. The molecule has 2 aliphatic carbocycles. The van der Waals surface area contributed by atoms with Crippen molar-refractivity contribution >= 4 is 17.4 Å². The highest BCUT2D eigenvalue weighted by Gasteiger charge is 2.59. The number of aromatic nitrogens is 1. The van der Waals surface area contributed by atoms with E-state index in [4.69, 9.17) is 11.6 Å². The molecule has 1 aromatic rings. The summed E-state index contributed by atoms with van der Waals surface area (Å²) >= 11 is 5.88. The number of nitrogens with zero attached hydrogens (tertiary/aromatic N) is 1. The first-order valence-electron chi connectivity index (χ1n) is 6.80. The van der Waals surface area contributed by atoms with Crippen LogP contribution in [-0.4, -0.2) is 11.0 Å². The molecule has 0 aromatic carbocycles. The zero-order chi connectivity index (χ0) is 13.0. The van der Waals surface area contributed by atoms with E-state index in [-0.39, 0.29) is 0 Å². The normalized spacial score (nSPS) is 36.9. The Morgan fingerprint density at radius 2 is 2.11 bits per heavy atom. The molecule has 98 valence electrons. The van der Waals surface area contributed by atoms with E-state index in [2.05, 4.69) is 31.1 Å². The first-order chi connectivity index (χ1) is 8.42. The summed E-state index contributed by atoms with van der Waals surface area (Å²) in [6, 6.07) is 4.39. The van der Waals surface area contributed by atoms with Gasteiger partial charge in [-0.05, 0) is 48.1 Å². The molecule has 0 amide bonds. The minimum atomic E-state index is 0.355. The number of halogens is 1. The van der Waals surface area contributed by atoms with Crippen molar-refractivity contribution in [3.8, 4) is 0 Å². The van der Waals surface area contributed by atoms with Crippen LogP contribution < -0.4 is 5.32 Å². The van der Waals surface area contributed by atoms with Gasteiger partial charge in [0.05, 0.1) is 5.02 Å². The van der Waals surface area contributed by atoms with E-state index in [1.165, 1.54) is 19.3 Å². The summed E-state index contributed by atoms with van der Waals surface area (Å²) in [6.45, 7) is 7.22. The molecule has 3 atom stereocenters. The fraction of sp³-hybridized carbons (Fsp3) is 0.667. The van der Waals surface area contributed by atoms with Gasteiger partial charge < -0.3 is 5.32 Å². The fourth-order valence-electron chi connectivity index (χ4n) is 4.27. The van der Waals surface area contributed by atoms with Crippen molar-refractivity contribution in [3.05, 3.63) is 23.4 Å². The third kappa shape index (κ3) is 1.73. The lowest BCUT2D eigenvalue weighted by atomic mass is 9.68. The van der Waals surface area contributed by atoms with Crippen LogP contribution in [0.4, 0.5) is 5.82 Å². The van der Waals surface area contributed by atoms with Gasteiger partial charge in [-0.15, -0.1) is 0 Å². The van der Waals surface area contributed by atoms with Crippen molar-refractivity contribution in [2.75, 3.05) is 5.32 Å². The van der Waals surface area contributed by atoms with Crippen molar-refractivity contribution in [1.29, 1.82) is 0 Å². The molecule has 3 unspecified atom stereocenters. The third-order valence-electron chi connectivity index (χ3n) is 5.29. The summed E-state index contributed by atoms with van der Waals surface area (Å²) < 4.78 is 0. The molecule has 2 aliphatic rings. The van der Waals surface area contributed by atoms with Gasteiger partial charge in [0.2, 0.25) is 0 Å². The molecule has 1 heterocycles. The van der Waals surface area contributed by atoms with Gasteiger partial charge in [-0.2, -0.15) is 0 Å². The lowest BCUT2D eigenvalue weighted by molar-refractivity contribution is 0.155. The van der Waals surface area contributed by atoms with Crippen LogP contribution in [-0.2, 0) is 0 Å². The fourth-order valence-corrected chi connectivity index (χ4v) is 4.38. The van der Waals surface area contributed by atoms with Crippen LogP contribution in [0.25, 0.3) is 0 Å². The van der Waals surface area contributed by atoms with E-state index < -0.39 is 0 Å². The van der Waals surface area contributed by atoms with E-state index in [0.29, 0.717) is 21.9 Å². The zero-order valence-electron chi connectivity index (χ0n) is 11.3. The number of nitrogens with one attached hydrogen (secondary N) is 1. The van der Waals surface area contributed by atoms with Gasteiger partial charge in [-0.3, -0.25) is 0 Å². The molecule has 3 heteroatoms. The van der Waals surface area contributed by atoms with Crippen LogP contribution in [0.5, 0.6) is 0 Å². The molecule has 0 spiro atoms. The Balaban J connectivity index is 1.86. The zero-order valence-corrected chi connectivity index (χ0v) is 12.1. The highest BCUT2D eigenvalue weighted by Crippen LogP contribution is 2.62. The van der Waals surface area contributed by atoms with Crippen LogP contribution in [0, 0.1) is 16.7 Å². The van der Waals surface area contributed by atoms with Crippen LogP contribution in [0.15, 0.2) is 18.3 Å². The van der Waals surface area contributed by atoms with Crippen molar-refractivity contribution in [2.45, 2.75) is 46.1 Å². The largest absolute Gasteiger partial charge is 0.366 e. The molecule has 0 aliphatic heterocycles. The Bertz CT molecular complexity index is 449. The third-order valence-corrected chi connectivity index (χ3v) is 5.51. The maximum atomic E-state index is 5.88. The van der Waals surface area contributed by atoms with E-state index in [9.17, 15) is 0 Å². The van der Waals surface area contributed by atoms with Gasteiger partial charge in [-0.25, -0.2) is 4.98 Å². The van der Waals surface area contributed by atoms with Crippen LogP contribution in [0.1, 0.15) is 40.0 Å². The van der Waals surface area contributed by atoms with Gasteiger partial charge in [-0.1, -0.05) is 32.4 Å². The van der Waals surface area contributed by atoms with Crippen molar-refractivity contribution in [1.82, 2.24) is 4.98 Å². The Kier molecular flexibility index (Phi) is 2.64. The Hall–Kier alpha value is -0.760. The van der Waals surface area contributed by atoms with Crippen molar-refractivity contribution in [2.24, 2.45) is 16.7 Å². The summed E-state index contributed by atoms with van der Waals surface area (Å²) in [6.07, 6.45) is 5.79. The Morgan fingerprint density at radius 3 is 2.67 bits per heavy atom. The quantitative estimate of drug-likeness (QED) is 0.858. The second-order valence-electron chi connectivity index (χ2n) is 6.85. The van der Waals surface area contributed by atoms with E-state index in [1.54, 1.807) is 6.20 Å². The van der Waals surface area contributed by atoms with E-state index in [0.717, 1.165) is 11.7 Å². The van der Waals surface area contributed by atoms with Crippen LogP contribution in [0.2, 0.25) is 5.02 Å². The lowest BCUT2D eigenvalue weighted by Crippen LogP contribution is -2.45. The summed E-state index contributed by atoms with van der Waals surface area (Å²) in [5.74, 6) is 1.80. The standard InChI is InChI=1S/C15H21ClN2/c1-14(2)10-6-7-15(3,8-10)13(14)18-12-5-4-11(16)9-17-12/h4-5,9-10,13H,6-8H2,1-3H3,(H,17,18). The number of rotatable bonds is 2. The minimum Gasteiger partial charge on any atom is -0.366 e. The Labute approximate surface area is 114 Å². The average Bonchev–Trinajstić information content (AvgIpc) is 2.78. The molecular formula is C15H21ClN2. The molecule has 0 radical (unpaired) electrons. The molecule has 2 fully saturated rings. The number of fused-ring (bicyclic) bond motifs is 2. The maximum Gasteiger partial charge on any atom is 0.126 e. The number of anilines is 1. The number of pyridine rings is 1. The van der Waals surface area contributed by atoms with Crippen LogP contribution >= 0.6 is 11.6 Å². The summed E-state index contributed by atoms with van der Waals surface area (Å²) in [5, 5.41) is 4.35. The first kappa shape index (κ1) is 12.3. The monoisotopic (exact) mass is 264 g/mol. The maximum absolute atomic E-state index is 5.88. The molecular weight excluding hydrogens is 244 g/mol. The second-order valence-corrected chi connectivity index (χ2v) is 7.29. The van der Waals surface area contributed by atoms with Gasteiger partial charge in [0.15, 0.2) is 0 Å². The molecule has 2 saturated carbocycles. The average molecular weight is 265 g/mol. The van der Waals surface area contributed by atoms with Crippen molar-refractivity contribution in [3.63, 3.8) is 0 Å². The molecule has 1 N–H and O–H groups in total. The second kappa shape index (κ2) is 3.86. The molecule has 3 rings (SSSR count). The molecule has 2 bridgehead atoms. The van der Waals surface area contributed by atoms with Gasteiger partial charge >= 0.3 is 0 Å². The number of hydrogen-bond donors (Lipinski definition) is 1. The molecule has 0 saturated heterocycles. The SMILES string of the molecule is CC12CCC(C1)C(C)(C)C2Nc1ccc(Cl)cn1. The predicted octanol–water partition coefficient (Wildman–Crippen LogP) is 4.36. The summed E-state index contributed by atoms with van der Waals surface area (Å²) in [4.78, 5) is 4.38. The molecule has 18 heavy (non-hydrogen) atoms. The topological polar surface area (TPSA) is 24.9 Å². The first-order valence-corrected chi connectivity index (χ1v) is 7.18. The van der Waals surface area contributed by atoms with Gasteiger partial charge in [0.1, 0.15) is 5.82 Å². The van der Waals surface area contributed by atoms with Gasteiger partial charge in [0.25, 0.3) is 0 Å². The summed E-state index contributed by atoms with van der Waals surface area (Å²) in [7, 11) is 0. The van der Waals surface area contributed by atoms with Crippen molar-refractivity contribution < 1.29 is 0 Å². The van der Waals surface area contributed by atoms with E-state index >= 15 is 0 Å². The molecule has 1 aromatic heterocycles. The van der Waals surface area contributed by atoms with Crippen LogP contribution in [0.3, 0.4) is 0 Å². The lowest BCUT2D eigenvalue weighted by Gasteiger charge is -2.43. The number of hydrogen-bond acceptors (Lipinski definition) is 2. The minimum absolute atomic E-state index is 0.355. The highest BCUT2D eigenvalue weighted by molar-refractivity contribution is 6.30.